The number of amides is 1. The highest BCUT2D eigenvalue weighted by atomic mass is 19.3. The van der Waals surface area contributed by atoms with Crippen molar-refractivity contribution in [1.29, 1.82) is 0 Å². The van der Waals surface area contributed by atoms with E-state index in [-0.39, 0.29) is 43.6 Å². The first-order chi connectivity index (χ1) is 8.48. The predicted octanol–water partition coefficient (Wildman–Crippen LogP) is 2.23. The van der Waals surface area contributed by atoms with E-state index in [1.807, 2.05) is 0 Å². The van der Waals surface area contributed by atoms with Crippen molar-refractivity contribution < 1.29 is 18.7 Å². The summed E-state index contributed by atoms with van der Waals surface area (Å²) in [5.74, 6) is -3.06. The van der Waals surface area contributed by atoms with Crippen molar-refractivity contribution in [2.75, 3.05) is 0 Å². The van der Waals surface area contributed by atoms with Crippen molar-refractivity contribution in [2.24, 2.45) is 5.92 Å². The van der Waals surface area contributed by atoms with Crippen molar-refractivity contribution in [3.63, 3.8) is 0 Å². The highest BCUT2D eigenvalue weighted by molar-refractivity contribution is 5.79. The Labute approximate surface area is 106 Å². The number of carbonyl (C=O) groups is 1. The van der Waals surface area contributed by atoms with E-state index >= 15 is 0 Å². The third-order valence-corrected chi connectivity index (χ3v) is 4.15. The molecule has 2 rings (SSSR count). The van der Waals surface area contributed by atoms with Crippen LogP contribution in [0, 0.1) is 5.92 Å². The topological polar surface area (TPSA) is 49.3 Å². The monoisotopic (exact) mass is 261 g/mol. The number of hydrogen-bond donors (Lipinski definition) is 2. The van der Waals surface area contributed by atoms with Crippen LogP contribution in [0.3, 0.4) is 0 Å². The number of rotatable bonds is 2. The maximum absolute atomic E-state index is 13.0. The Balaban J connectivity index is 1.81. The van der Waals surface area contributed by atoms with Crippen LogP contribution in [0.25, 0.3) is 0 Å². The second kappa shape index (κ2) is 5.51. The van der Waals surface area contributed by atoms with Gasteiger partial charge in [-0.05, 0) is 25.7 Å². The van der Waals surface area contributed by atoms with Crippen molar-refractivity contribution in [1.82, 2.24) is 5.32 Å². The summed E-state index contributed by atoms with van der Waals surface area (Å²) in [4.78, 5) is 12.0. The summed E-state index contributed by atoms with van der Waals surface area (Å²) in [6.45, 7) is 0. The Hall–Kier alpha value is -0.710. The van der Waals surface area contributed by atoms with Crippen LogP contribution in [0.2, 0.25) is 0 Å². The minimum absolute atomic E-state index is 0.156. The molecule has 2 N–H and O–H groups in total. The number of hydrogen-bond acceptors (Lipinski definition) is 2. The lowest BCUT2D eigenvalue weighted by atomic mass is 9.85. The van der Waals surface area contributed by atoms with E-state index in [0.717, 1.165) is 19.3 Å². The van der Waals surface area contributed by atoms with Gasteiger partial charge in [-0.2, -0.15) is 0 Å². The Morgan fingerprint density at radius 1 is 1.11 bits per heavy atom. The third-order valence-electron chi connectivity index (χ3n) is 4.15. The maximum Gasteiger partial charge on any atom is 0.248 e. The van der Waals surface area contributed by atoms with Crippen LogP contribution in [-0.2, 0) is 4.79 Å². The number of carbonyl (C=O) groups excluding carboxylic acids is 1. The number of alkyl halides is 2. The summed E-state index contributed by atoms with van der Waals surface area (Å²) in [6.07, 6.45) is 3.13. The van der Waals surface area contributed by atoms with E-state index < -0.39 is 12.0 Å². The largest absolute Gasteiger partial charge is 0.391 e. The second-order valence-corrected chi connectivity index (χ2v) is 5.60. The average Bonchev–Trinajstić information content (AvgIpc) is 2.32. The van der Waals surface area contributed by atoms with Crippen LogP contribution in [0.4, 0.5) is 8.78 Å². The van der Waals surface area contributed by atoms with E-state index in [4.69, 9.17) is 0 Å². The molecule has 2 saturated carbocycles. The van der Waals surface area contributed by atoms with Crippen molar-refractivity contribution in [3.05, 3.63) is 0 Å². The molecule has 0 aromatic rings. The zero-order valence-electron chi connectivity index (χ0n) is 10.5. The molecule has 0 radical (unpaired) electrons. The Kier molecular flexibility index (Phi) is 4.20. The lowest BCUT2D eigenvalue weighted by Gasteiger charge is -2.32. The molecule has 104 valence electrons. The molecule has 0 spiro atoms. The first-order valence-electron chi connectivity index (χ1n) is 6.84. The van der Waals surface area contributed by atoms with E-state index in [9.17, 15) is 18.7 Å². The molecule has 2 atom stereocenters. The predicted molar refractivity (Wildman–Crippen MR) is 63.3 cm³/mol. The lowest BCUT2D eigenvalue weighted by Crippen LogP contribution is -2.48. The summed E-state index contributed by atoms with van der Waals surface area (Å²) >= 11 is 0. The van der Waals surface area contributed by atoms with Gasteiger partial charge in [-0.15, -0.1) is 0 Å². The zero-order valence-corrected chi connectivity index (χ0v) is 10.5. The van der Waals surface area contributed by atoms with Gasteiger partial charge in [0.2, 0.25) is 11.8 Å². The Bertz CT molecular complexity index is 299. The van der Waals surface area contributed by atoms with Gasteiger partial charge >= 0.3 is 0 Å². The van der Waals surface area contributed by atoms with Crippen molar-refractivity contribution >= 4 is 5.91 Å². The molecule has 0 saturated heterocycles. The lowest BCUT2D eigenvalue weighted by molar-refractivity contribution is -0.131. The molecular formula is C13H21F2NO2. The van der Waals surface area contributed by atoms with Gasteiger partial charge < -0.3 is 10.4 Å². The average molecular weight is 261 g/mol. The zero-order chi connectivity index (χ0) is 13.2. The van der Waals surface area contributed by atoms with Gasteiger partial charge in [0.05, 0.1) is 12.1 Å². The molecule has 0 bridgehead atoms. The first kappa shape index (κ1) is 13.7. The summed E-state index contributed by atoms with van der Waals surface area (Å²) in [5, 5.41) is 12.6. The molecular weight excluding hydrogens is 240 g/mol. The van der Waals surface area contributed by atoms with Crippen molar-refractivity contribution in [2.45, 2.75) is 69.4 Å². The molecule has 2 aliphatic rings. The Morgan fingerprint density at radius 3 is 2.33 bits per heavy atom. The van der Waals surface area contributed by atoms with Crippen molar-refractivity contribution in [3.8, 4) is 0 Å². The fourth-order valence-corrected chi connectivity index (χ4v) is 2.88. The number of halogens is 2. The molecule has 5 heteroatoms. The van der Waals surface area contributed by atoms with Crippen LogP contribution < -0.4 is 5.32 Å². The van der Waals surface area contributed by atoms with Crippen LogP contribution >= 0.6 is 0 Å². The summed E-state index contributed by atoms with van der Waals surface area (Å²) in [6, 6.07) is -0.186. The van der Waals surface area contributed by atoms with Crippen LogP contribution in [0.15, 0.2) is 0 Å². The minimum Gasteiger partial charge on any atom is -0.391 e. The van der Waals surface area contributed by atoms with Crippen LogP contribution in [0.1, 0.15) is 51.4 Å². The standard InChI is InChI=1S/C13H21F2NO2/c14-13(15)7-5-9(6-8-13)12(18)16-10-3-1-2-4-11(10)17/h9-11,17H,1-8H2,(H,16,18)/t10-,11-/m0/s1. The normalized spacial score (nSPS) is 33.1. The molecule has 1 amide bonds. The molecule has 2 aliphatic carbocycles. The number of aliphatic hydroxyl groups excluding tert-OH is 1. The Morgan fingerprint density at radius 2 is 1.72 bits per heavy atom. The molecule has 0 aromatic heterocycles. The second-order valence-electron chi connectivity index (χ2n) is 5.60. The van der Waals surface area contributed by atoms with E-state index in [2.05, 4.69) is 5.32 Å². The van der Waals surface area contributed by atoms with Gasteiger partial charge in [-0.3, -0.25) is 4.79 Å². The van der Waals surface area contributed by atoms with Crippen LogP contribution in [-0.4, -0.2) is 29.1 Å². The number of nitrogens with one attached hydrogen (secondary N) is 1. The highest BCUT2D eigenvalue weighted by Crippen LogP contribution is 2.36. The van der Waals surface area contributed by atoms with Gasteiger partial charge in [0.25, 0.3) is 0 Å². The molecule has 3 nitrogen and oxygen atoms in total. The van der Waals surface area contributed by atoms with Gasteiger partial charge in [0.1, 0.15) is 0 Å². The molecule has 2 fully saturated rings. The fraction of sp³-hybridized carbons (Fsp3) is 0.923. The molecule has 0 unspecified atom stereocenters. The van der Waals surface area contributed by atoms with E-state index in [1.165, 1.54) is 0 Å². The summed E-state index contributed by atoms with van der Waals surface area (Å²) in [5.41, 5.74) is 0. The van der Waals surface area contributed by atoms with Gasteiger partial charge in [-0.1, -0.05) is 12.8 Å². The van der Waals surface area contributed by atoms with Crippen LogP contribution in [0.5, 0.6) is 0 Å². The molecule has 0 aromatic carbocycles. The maximum atomic E-state index is 13.0. The van der Waals surface area contributed by atoms with Gasteiger partial charge in [0, 0.05) is 18.8 Å². The smallest absolute Gasteiger partial charge is 0.248 e. The minimum atomic E-state index is -2.60. The number of aliphatic hydroxyl groups is 1. The highest BCUT2D eigenvalue weighted by Gasteiger charge is 2.38. The summed E-state index contributed by atoms with van der Waals surface area (Å²) < 4.78 is 26.0. The third kappa shape index (κ3) is 3.40. The SMILES string of the molecule is O=C(N[C@H]1CCCC[C@@H]1O)C1CCC(F)(F)CC1. The van der Waals surface area contributed by atoms with E-state index in [0.29, 0.717) is 6.42 Å². The quantitative estimate of drug-likeness (QED) is 0.801. The first-order valence-corrected chi connectivity index (χ1v) is 6.84. The molecule has 0 aliphatic heterocycles. The fourth-order valence-electron chi connectivity index (χ4n) is 2.88. The van der Waals surface area contributed by atoms with Gasteiger partial charge in [-0.25, -0.2) is 8.78 Å². The van der Waals surface area contributed by atoms with Gasteiger partial charge in [0.15, 0.2) is 0 Å². The van der Waals surface area contributed by atoms with E-state index in [1.54, 1.807) is 0 Å². The molecule has 18 heavy (non-hydrogen) atoms. The summed E-state index contributed by atoms with van der Waals surface area (Å²) in [7, 11) is 0. The molecule has 0 heterocycles.